The highest BCUT2D eigenvalue weighted by atomic mass is 32.2. The van der Waals surface area contributed by atoms with Crippen LogP contribution in [0.4, 0.5) is 0 Å². The second-order valence-electron chi connectivity index (χ2n) is 5.45. The van der Waals surface area contributed by atoms with E-state index in [1.807, 2.05) is 24.3 Å². The Balaban J connectivity index is 1.75. The van der Waals surface area contributed by atoms with Gasteiger partial charge in [0.15, 0.2) is 0 Å². The molecule has 1 aromatic carbocycles. The molecule has 0 saturated heterocycles. The summed E-state index contributed by atoms with van der Waals surface area (Å²) in [6.07, 6.45) is 5.98. The van der Waals surface area contributed by atoms with Crippen molar-refractivity contribution in [2.75, 3.05) is 13.7 Å². The van der Waals surface area contributed by atoms with Crippen molar-refractivity contribution < 1.29 is 13.2 Å². The predicted molar refractivity (Wildman–Crippen MR) is 83.6 cm³/mol. The third-order valence-corrected chi connectivity index (χ3v) is 5.02. The first-order valence-electron chi connectivity index (χ1n) is 7.49. The van der Waals surface area contributed by atoms with E-state index in [4.69, 9.17) is 4.74 Å². The molecule has 0 radical (unpaired) electrons. The summed E-state index contributed by atoms with van der Waals surface area (Å²) in [4.78, 5) is 0. The van der Waals surface area contributed by atoms with Gasteiger partial charge in [0, 0.05) is 12.6 Å². The van der Waals surface area contributed by atoms with Crippen LogP contribution in [0.5, 0.6) is 5.75 Å². The minimum atomic E-state index is -3.39. The molecule has 0 amide bonds. The average molecular weight is 312 g/mol. The molecule has 1 fully saturated rings. The molecule has 0 unspecified atom stereocenters. The zero-order valence-corrected chi connectivity index (χ0v) is 13.3. The van der Waals surface area contributed by atoms with Gasteiger partial charge in [-0.15, -0.1) is 0 Å². The number of hydrogen-bond donors (Lipinski definition) is 2. The molecule has 6 heteroatoms. The summed E-state index contributed by atoms with van der Waals surface area (Å²) < 4.78 is 34.3. The Hall–Kier alpha value is -1.11. The van der Waals surface area contributed by atoms with E-state index in [0.717, 1.165) is 37.0 Å². The maximum Gasteiger partial charge on any atom is 0.277 e. The minimum Gasteiger partial charge on any atom is -0.497 e. The molecule has 1 aromatic rings. The van der Waals surface area contributed by atoms with Crippen molar-refractivity contribution in [2.45, 2.75) is 44.6 Å². The third-order valence-electron chi connectivity index (χ3n) is 3.79. The van der Waals surface area contributed by atoms with Crippen LogP contribution >= 0.6 is 0 Å². The summed E-state index contributed by atoms with van der Waals surface area (Å²) in [6, 6.07) is 7.75. The summed E-state index contributed by atoms with van der Waals surface area (Å²) in [5.74, 6) is 0.804. The number of methoxy groups -OCH3 is 1. The highest BCUT2D eigenvalue weighted by Crippen LogP contribution is 2.17. The smallest absolute Gasteiger partial charge is 0.277 e. The molecule has 0 heterocycles. The Bertz CT molecular complexity index is 522. The summed E-state index contributed by atoms with van der Waals surface area (Å²) in [7, 11) is -1.76. The fourth-order valence-electron chi connectivity index (χ4n) is 2.60. The lowest BCUT2D eigenvalue weighted by atomic mass is 9.96. The molecule has 2 N–H and O–H groups in total. The second-order valence-corrected chi connectivity index (χ2v) is 6.98. The summed E-state index contributed by atoms with van der Waals surface area (Å²) >= 11 is 0. The van der Waals surface area contributed by atoms with Crippen LogP contribution in [0.3, 0.4) is 0 Å². The average Bonchev–Trinajstić information content (AvgIpc) is 2.48. The van der Waals surface area contributed by atoms with Crippen molar-refractivity contribution in [1.82, 2.24) is 9.44 Å². The van der Waals surface area contributed by atoms with Gasteiger partial charge in [-0.05, 0) is 37.0 Å². The minimum absolute atomic E-state index is 0.0947. The van der Waals surface area contributed by atoms with E-state index in [2.05, 4.69) is 9.44 Å². The monoisotopic (exact) mass is 312 g/mol. The quantitative estimate of drug-likeness (QED) is 0.809. The van der Waals surface area contributed by atoms with Gasteiger partial charge in [0.2, 0.25) is 0 Å². The molecule has 21 heavy (non-hydrogen) atoms. The molecule has 0 aliphatic heterocycles. The van der Waals surface area contributed by atoms with Crippen LogP contribution in [0.2, 0.25) is 0 Å². The first kappa shape index (κ1) is 16.3. The van der Waals surface area contributed by atoms with Crippen LogP contribution < -0.4 is 14.2 Å². The lowest BCUT2D eigenvalue weighted by Crippen LogP contribution is -2.44. The topological polar surface area (TPSA) is 67.4 Å². The summed E-state index contributed by atoms with van der Waals surface area (Å²) in [5.41, 5.74) is 1.08. The van der Waals surface area contributed by atoms with Crippen molar-refractivity contribution in [3.63, 3.8) is 0 Å². The number of nitrogens with one attached hydrogen (secondary N) is 2. The lowest BCUT2D eigenvalue weighted by Gasteiger charge is -2.22. The number of ether oxygens (including phenoxy) is 1. The van der Waals surface area contributed by atoms with Gasteiger partial charge in [-0.25, -0.2) is 4.72 Å². The predicted octanol–water partition coefficient (Wildman–Crippen LogP) is 1.99. The fourth-order valence-corrected chi connectivity index (χ4v) is 3.73. The number of benzene rings is 1. The third kappa shape index (κ3) is 5.65. The van der Waals surface area contributed by atoms with Crippen molar-refractivity contribution in [2.24, 2.45) is 0 Å². The van der Waals surface area contributed by atoms with Crippen LogP contribution in [0.15, 0.2) is 24.3 Å². The van der Waals surface area contributed by atoms with Crippen LogP contribution in [0.25, 0.3) is 0 Å². The van der Waals surface area contributed by atoms with Crippen LogP contribution in [-0.4, -0.2) is 28.1 Å². The SMILES string of the molecule is COc1ccc(CCNS(=O)(=O)NC2CCCCC2)cc1. The van der Waals surface area contributed by atoms with Crippen molar-refractivity contribution in [3.8, 4) is 5.75 Å². The van der Waals surface area contributed by atoms with E-state index < -0.39 is 10.2 Å². The van der Waals surface area contributed by atoms with Gasteiger partial charge in [-0.2, -0.15) is 13.1 Å². The van der Waals surface area contributed by atoms with Crippen LogP contribution in [0, 0.1) is 0 Å². The molecule has 5 nitrogen and oxygen atoms in total. The van der Waals surface area contributed by atoms with E-state index in [1.165, 1.54) is 6.42 Å². The fraction of sp³-hybridized carbons (Fsp3) is 0.600. The molecular weight excluding hydrogens is 288 g/mol. The normalized spacial score (nSPS) is 16.8. The maximum atomic E-state index is 11.9. The maximum absolute atomic E-state index is 11.9. The molecule has 0 bridgehead atoms. The van der Waals surface area contributed by atoms with Crippen molar-refractivity contribution >= 4 is 10.2 Å². The number of rotatable bonds is 7. The first-order chi connectivity index (χ1) is 10.1. The molecule has 1 saturated carbocycles. The van der Waals surface area contributed by atoms with E-state index in [-0.39, 0.29) is 6.04 Å². The second kappa shape index (κ2) is 7.77. The lowest BCUT2D eigenvalue weighted by molar-refractivity contribution is 0.410. The summed E-state index contributed by atoms with van der Waals surface area (Å²) in [5, 5.41) is 0. The van der Waals surface area contributed by atoms with Crippen LogP contribution in [0.1, 0.15) is 37.7 Å². The van der Waals surface area contributed by atoms with E-state index in [1.54, 1.807) is 7.11 Å². The zero-order valence-electron chi connectivity index (χ0n) is 12.5. The molecule has 0 atom stereocenters. The van der Waals surface area contributed by atoms with Gasteiger partial charge in [0.25, 0.3) is 10.2 Å². The number of hydrogen-bond acceptors (Lipinski definition) is 3. The van der Waals surface area contributed by atoms with Gasteiger partial charge in [0.1, 0.15) is 5.75 Å². The largest absolute Gasteiger partial charge is 0.497 e. The standard InChI is InChI=1S/C15H24N2O3S/c1-20-15-9-7-13(8-10-15)11-12-16-21(18,19)17-14-5-3-2-4-6-14/h7-10,14,16-17H,2-6,11-12H2,1H3. The Kier molecular flexibility index (Phi) is 6.02. The van der Waals surface area contributed by atoms with E-state index in [0.29, 0.717) is 13.0 Å². The van der Waals surface area contributed by atoms with E-state index in [9.17, 15) is 8.42 Å². The Labute approximate surface area is 127 Å². The van der Waals surface area contributed by atoms with Gasteiger partial charge in [0.05, 0.1) is 7.11 Å². The molecule has 0 aromatic heterocycles. The van der Waals surface area contributed by atoms with Gasteiger partial charge < -0.3 is 4.74 Å². The van der Waals surface area contributed by atoms with Gasteiger partial charge in [-0.1, -0.05) is 31.4 Å². The zero-order chi connectivity index (χ0) is 15.1. The molecule has 1 aliphatic rings. The molecule has 1 aliphatic carbocycles. The van der Waals surface area contributed by atoms with Crippen molar-refractivity contribution in [1.29, 1.82) is 0 Å². The Morgan fingerprint density at radius 3 is 2.43 bits per heavy atom. The van der Waals surface area contributed by atoms with Crippen molar-refractivity contribution in [3.05, 3.63) is 29.8 Å². The highest BCUT2D eigenvalue weighted by Gasteiger charge is 2.19. The van der Waals surface area contributed by atoms with Crippen LogP contribution in [-0.2, 0) is 16.6 Å². The Morgan fingerprint density at radius 2 is 1.81 bits per heavy atom. The van der Waals surface area contributed by atoms with Gasteiger partial charge >= 0.3 is 0 Å². The molecule has 0 spiro atoms. The summed E-state index contributed by atoms with van der Waals surface area (Å²) in [6.45, 7) is 0.397. The first-order valence-corrected chi connectivity index (χ1v) is 8.97. The van der Waals surface area contributed by atoms with Gasteiger partial charge in [-0.3, -0.25) is 0 Å². The Morgan fingerprint density at radius 1 is 1.14 bits per heavy atom. The molecular formula is C15H24N2O3S. The van der Waals surface area contributed by atoms with E-state index >= 15 is 0 Å². The molecule has 118 valence electrons. The highest BCUT2D eigenvalue weighted by molar-refractivity contribution is 7.87. The molecule has 2 rings (SSSR count).